The molecule has 0 radical (unpaired) electrons. The Morgan fingerprint density at radius 1 is 1.43 bits per heavy atom. The quantitative estimate of drug-likeness (QED) is 0.808. The molecule has 0 aromatic carbocycles. The molecule has 23 heavy (non-hydrogen) atoms. The van der Waals surface area contributed by atoms with E-state index < -0.39 is 0 Å². The molecule has 0 saturated carbocycles. The van der Waals surface area contributed by atoms with E-state index in [4.69, 9.17) is 9.47 Å². The first-order chi connectivity index (χ1) is 11.1. The number of carbonyl (C=O) groups excluding carboxylic acids is 1. The second-order valence-corrected chi connectivity index (χ2v) is 6.75. The number of pyridine rings is 1. The first kappa shape index (κ1) is 16.4. The first-order valence-electron chi connectivity index (χ1n) is 8.13. The fourth-order valence-electron chi connectivity index (χ4n) is 3.29. The average molecular weight is 319 g/mol. The zero-order chi connectivity index (χ0) is 16.3. The summed E-state index contributed by atoms with van der Waals surface area (Å²) in [7, 11) is 3.50. The third-order valence-electron chi connectivity index (χ3n) is 4.57. The van der Waals surface area contributed by atoms with Gasteiger partial charge in [0.25, 0.3) is 0 Å². The second-order valence-electron chi connectivity index (χ2n) is 6.75. The third kappa shape index (κ3) is 4.07. The Bertz CT molecular complexity index is 529. The number of likely N-dealkylation sites (N-methyl/N-ethyl adjacent to an activating group) is 1. The zero-order valence-corrected chi connectivity index (χ0v) is 13.9. The van der Waals surface area contributed by atoms with Gasteiger partial charge in [-0.2, -0.15) is 0 Å². The molecule has 0 bridgehead atoms. The number of amides is 1. The SMILES string of the molecule is CN(C)C(=O)CO[C@H]1CCOC2(C1)CN(Cc1ccncc1)C2. The van der Waals surface area contributed by atoms with Crippen LogP contribution in [0, 0.1) is 0 Å². The van der Waals surface area contributed by atoms with Crippen LogP contribution in [-0.2, 0) is 20.8 Å². The fourth-order valence-corrected chi connectivity index (χ4v) is 3.29. The monoisotopic (exact) mass is 319 g/mol. The predicted octanol–water partition coefficient (Wildman–Crippen LogP) is 0.920. The van der Waals surface area contributed by atoms with Gasteiger partial charge >= 0.3 is 0 Å². The van der Waals surface area contributed by atoms with Gasteiger partial charge in [0.1, 0.15) is 6.61 Å². The van der Waals surface area contributed by atoms with Crippen LogP contribution >= 0.6 is 0 Å². The minimum atomic E-state index is -0.0862. The number of ether oxygens (including phenoxy) is 2. The van der Waals surface area contributed by atoms with E-state index in [9.17, 15) is 4.79 Å². The van der Waals surface area contributed by atoms with Crippen molar-refractivity contribution in [3.05, 3.63) is 30.1 Å². The molecule has 2 fully saturated rings. The molecule has 1 aromatic rings. The highest BCUT2D eigenvalue weighted by Crippen LogP contribution is 2.36. The summed E-state index contributed by atoms with van der Waals surface area (Å²) in [5, 5.41) is 0. The lowest BCUT2D eigenvalue weighted by Crippen LogP contribution is -2.65. The third-order valence-corrected chi connectivity index (χ3v) is 4.57. The molecule has 3 heterocycles. The van der Waals surface area contributed by atoms with Gasteiger partial charge in [-0.25, -0.2) is 0 Å². The topological polar surface area (TPSA) is 54.9 Å². The van der Waals surface area contributed by atoms with E-state index in [0.29, 0.717) is 6.61 Å². The molecule has 6 heteroatoms. The standard InChI is InChI=1S/C17H25N3O3/c1-19(2)16(21)11-22-15-5-8-23-17(9-15)12-20(13-17)10-14-3-6-18-7-4-14/h3-4,6-7,15H,5,8-13H2,1-2H3/t15-/m0/s1. The van der Waals surface area contributed by atoms with Crippen molar-refractivity contribution in [2.75, 3.05) is 40.4 Å². The van der Waals surface area contributed by atoms with Gasteiger partial charge in [-0.1, -0.05) is 0 Å². The molecule has 1 aromatic heterocycles. The van der Waals surface area contributed by atoms with Crippen LogP contribution in [-0.4, -0.2) is 72.8 Å². The Morgan fingerprint density at radius 2 is 2.17 bits per heavy atom. The largest absolute Gasteiger partial charge is 0.372 e. The van der Waals surface area contributed by atoms with Gasteiger partial charge in [0, 0.05) is 59.2 Å². The molecule has 1 spiro atoms. The number of aromatic nitrogens is 1. The van der Waals surface area contributed by atoms with Crippen LogP contribution in [0.5, 0.6) is 0 Å². The van der Waals surface area contributed by atoms with Crippen molar-refractivity contribution >= 4 is 5.91 Å². The van der Waals surface area contributed by atoms with Gasteiger partial charge < -0.3 is 14.4 Å². The molecule has 3 rings (SSSR count). The van der Waals surface area contributed by atoms with E-state index in [1.54, 1.807) is 19.0 Å². The molecule has 0 N–H and O–H groups in total. The summed E-state index contributed by atoms with van der Waals surface area (Å²) in [4.78, 5) is 19.6. The van der Waals surface area contributed by atoms with Crippen LogP contribution in [0.1, 0.15) is 18.4 Å². The summed E-state index contributed by atoms with van der Waals surface area (Å²) in [5.74, 6) is 0.0125. The van der Waals surface area contributed by atoms with Gasteiger partial charge in [0.2, 0.25) is 5.91 Å². The van der Waals surface area contributed by atoms with Crippen LogP contribution in [0.25, 0.3) is 0 Å². The maximum absolute atomic E-state index is 11.6. The maximum Gasteiger partial charge on any atom is 0.248 e. The Kier molecular flexibility index (Phi) is 4.94. The van der Waals surface area contributed by atoms with Crippen molar-refractivity contribution in [3.63, 3.8) is 0 Å². The Hall–Kier alpha value is -1.50. The van der Waals surface area contributed by atoms with E-state index in [1.807, 2.05) is 24.5 Å². The highest BCUT2D eigenvalue weighted by molar-refractivity contribution is 5.76. The molecule has 0 aliphatic carbocycles. The first-order valence-corrected chi connectivity index (χ1v) is 8.13. The zero-order valence-electron chi connectivity index (χ0n) is 13.9. The Balaban J connectivity index is 1.45. The summed E-state index contributed by atoms with van der Waals surface area (Å²) in [6, 6.07) is 4.09. The summed E-state index contributed by atoms with van der Waals surface area (Å²) in [6.07, 6.45) is 5.52. The van der Waals surface area contributed by atoms with Crippen LogP contribution in [0.2, 0.25) is 0 Å². The molecule has 1 atom stereocenters. The molecule has 2 aliphatic heterocycles. The number of likely N-dealkylation sites (tertiary alicyclic amines) is 1. The molecule has 2 aliphatic rings. The van der Waals surface area contributed by atoms with Crippen molar-refractivity contribution in [2.45, 2.75) is 31.1 Å². The van der Waals surface area contributed by atoms with Crippen molar-refractivity contribution in [1.29, 1.82) is 0 Å². The molecule has 1 amide bonds. The highest BCUT2D eigenvalue weighted by Gasteiger charge is 2.47. The van der Waals surface area contributed by atoms with Gasteiger partial charge in [0.05, 0.1) is 11.7 Å². The van der Waals surface area contributed by atoms with E-state index in [2.05, 4.69) is 9.88 Å². The van der Waals surface area contributed by atoms with Gasteiger partial charge in [-0.3, -0.25) is 14.7 Å². The Labute approximate surface area is 137 Å². The number of carbonyl (C=O) groups is 1. The molecule has 2 saturated heterocycles. The molecular weight excluding hydrogens is 294 g/mol. The number of hydrogen-bond acceptors (Lipinski definition) is 5. The van der Waals surface area contributed by atoms with Gasteiger partial charge in [0.15, 0.2) is 0 Å². The summed E-state index contributed by atoms with van der Waals surface area (Å²) >= 11 is 0. The lowest BCUT2D eigenvalue weighted by Gasteiger charge is -2.53. The van der Waals surface area contributed by atoms with Crippen LogP contribution in [0.4, 0.5) is 0 Å². The molecule has 6 nitrogen and oxygen atoms in total. The highest BCUT2D eigenvalue weighted by atomic mass is 16.5. The normalized spacial score (nSPS) is 23.5. The van der Waals surface area contributed by atoms with Crippen LogP contribution < -0.4 is 0 Å². The average Bonchev–Trinajstić information content (AvgIpc) is 2.52. The van der Waals surface area contributed by atoms with E-state index in [0.717, 1.165) is 32.5 Å². The number of hydrogen-bond donors (Lipinski definition) is 0. The summed E-state index contributed by atoms with van der Waals surface area (Å²) in [5.41, 5.74) is 1.19. The molecule has 0 unspecified atom stereocenters. The number of nitrogens with zero attached hydrogens (tertiary/aromatic N) is 3. The predicted molar refractivity (Wildman–Crippen MR) is 85.9 cm³/mol. The minimum absolute atomic E-state index is 0.0125. The number of rotatable bonds is 5. The smallest absolute Gasteiger partial charge is 0.248 e. The van der Waals surface area contributed by atoms with E-state index >= 15 is 0 Å². The Morgan fingerprint density at radius 3 is 2.87 bits per heavy atom. The summed E-state index contributed by atoms with van der Waals surface area (Å²) < 4.78 is 11.8. The maximum atomic E-state index is 11.6. The summed E-state index contributed by atoms with van der Waals surface area (Å²) in [6.45, 7) is 3.66. The van der Waals surface area contributed by atoms with E-state index in [1.165, 1.54) is 5.56 Å². The van der Waals surface area contributed by atoms with Crippen LogP contribution in [0.3, 0.4) is 0 Å². The molecular formula is C17H25N3O3. The van der Waals surface area contributed by atoms with Crippen molar-refractivity contribution in [1.82, 2.24) is 14.8 Å². The van der Waals surface area contributed by atoms with Crippen molar-refractivity contribution in [2.24, 2.45) is 0 Å². The van der Waals surface area contributed by atoms with Crippen molar-refractivity contribution < 1.29 is 14.3 Å². The molecule has 126 valence electrons. The van der Waals surface area contributed by atoms with Gasteiger partial charge in [-0.15, -0.1) is 0 Å². The van der Waals surface area contributed by atoms with Crippen molar-refractivity contribution in [3.8, 4) is 0 Å². The van der Waals surface area contributed by atoms with E-state index in [-0.39, 0.29) is 24.2 Å². The lowest BCUT2D eigenvalue weighted by atomic mass is 9.84. The van der Waals surface area contributed by atoms with Gasteiger partial charge in [-0.05, 0) is 24.1 Å². The second kappa shape index (κ2) is 6.95. The fraction of sp³-hybridized carbons (Fsp3) is 0.647. The minimum Gasteiger partial charge on any atom is -0.372 e. The van der Waals surface area contributed by atoms with Crippen LogP contribution in [0.15, 0.2) is 24.5 Å². The lowest BCUT2D eigenvalue weighted by molar-refractivity contribution is -0.200.